The van der Waals surface area contributed by atoms with E-state index >= 15 is 0 Å². The van der Waals surface area contributed by atoms with Gasteiger partial charge in [0.05, 0.1) is 6.26 Å². The minimum atomic E-state index is -0.368. The van der Waals surface area contributed by atoms with Crippen molar-refractivity contribution in [2.24, 2.45) is 0 Å². The molecule has 0 rings (SSSR count). The van der Waals surface area contributed by atoms with Gasteiger partial charge in [-0.1, -0.05) is 0 Å². The molecule has 0 spiro atoms. The lowest BCUT2D eigenvalue weighted by Gasteiger charge is -1.96. The van der Waals surface area contributed by atoms with Crippen LogP contribution in [0, 0.1) is 0 Å². The Morgan fingerprint density at radius 3 is 2.18 bits per heavy atom. The summed E-state index contributed by atoms with van der Waals surface area (Å²) in [5.74, 6) is -0.307. The van der Waals surface area contributed by atoms with E-state index in [0.717, 1.165) is 5.57 Å². The Kier molecular flexibility index (Phi) is 4.18. The maximum Gasteiger partial charge on any atom is 0.307 e. The van der Waals surface area contributed by atoms with Crippen LogP contribution in [0.25, 0.3) is 0 Å². The van der Waals surface area contributed by atoms with E-state index in [-0.39, 0.29) is 11.8 Å². The zero-order valence-electron chi connectivity index (χ0n) is 7.01. The molecule has 0 aliphatic rings. The molecule has 0 bridgehead atoms. The molecule has 0 saturated heterocycles. The number of carbonyl (C=O) groups excluding carboxylic acids is 2. The van der Waals surface area contributed by atoms with Crippen LogP contribution in [0.3, 0.4) is 0 Å². The lowest BCUT2D eigenvalue weighted by molar-refractivity contribution is -0.135. The third kappa shape index (κ3) is 6.77. The van der Waals surface area contributed by atoms with Crippen molar-refractivity contribution in [1.29, 1.82) is 0 Å². The summed E-state index contributed by atoms with van der Waals surface area (Å²) in [5, 5.41) is 0. The maximum atomic E-state index is 10.5. The van der Waals surface area contributed by atoms with Gasteiger partial charge in [0, 0.05) is 13.3 Å². The SMILES string of the molecule is CC(=O)C/C(C)=C/OC(C)=O. The summed E-state index contributed by atoms with van der Waals surface area (Å²) in [6.45, 7) is 4.55. The van der Waals surface area contributed by atoms with E-state index in [9.17, 15) is 9.59 Å². The molecule has 0 aliphatic carbocycles. The summed E-state index contributed by atoms with van der Waals surface area (Å²) < 4.78 is 4.55. The van der Waals surface area contributed by atoms with Crippen LogP contribution in [0.5, 0.6) is 0 Å². The second-order valence-electron chi connectivity index (χ2n) is 2.45. The number of rotatable bonds is 3. The van der Waals surface area contributed by atoms with Crippen LogP contribution >= 0.6 is 0 Å². The van der Waals surface area contributed by atoms with E-state index in [1.807, 2.05) is 0 Å². The molecule has 0 radical (unpaired) electrons. The fraction of sp³-hybridized carbons (Fsp3) is 0.500. The number of hydrogen-bond donors (Lipinski definition) is 0. The summed E-state index contributed by atoms with van der Waals surface area (Å²) in [4.78, 5) is 20.8. The number of Topliss-reactive ketones (excluding diaryl/α,β-unsaturated/α-hetero) is 1. The third-order valence-corrected chi connectivity index (χ3v) is 0.954. The molecule has 0 aliphatic heterocycles. The average molecular weight is 156 g/mol. The molecule has 0 atom stereocenters. The Morgan fingerprint density at radius 1 is 1.27 bits per heavy atom. The zero-order valence-corrected chi connectivity index (χ0v) is 7.01. The molecule has 0 aromatic heterocycles. The first-order chi connectivity index (χ1) is 5.02. The number of carbonyl (C=O) groups is 2. The minimum Gasteiger partial charge on any atom is -0.435 e. The topological polar surface area (TPSA) is 43.4 Å². The molecule has 0 saturated carbocycles. The normalized spacial score (nSPS) is 11.0. The number of hydrogen-bond acceptors (Lipinski definition) is 3. The van der Waals surface area contributed by atoms with E-state index in [0.29, 0.717) is 6.42 Å². The quantitative estimate of drug-likeness (QED) is 0.458. The van der Waals surface area contributed by atoms with Gasteiger partial charge >= 0.3 is 5.97 Å². The maximum absolute atomic E-state index is 10.5. The van der Waals surface area contributed by atoms with Crippen molar-refractivity contribution < 1.29 is 14.3 Å². The molecule has 0 amide bonds. The lowest BCUT2D eigenvalue weighted by Crippen LogP contribution is -1.94. The highest BCUT2D eigenvalue weighted by atomic mass is 16.5. The lowest BCUT2D eigenvalue weighted by atomic mass is 10.2. The second-order valence-corrected chi connectivity index (χ2v) is 2.45. The van der Waals surface area contributed by atoms with Crippen molar-refractivity contribution >= 4 is 11.8 Å². The largest absolute Gasteiger partial charge is 0.435 e. The van der Waals surface area contributed by atoms with Crippen molar-refractivity contribution in [3.63, 3.8) is 0 Å². The molecular formula is C8H12O3. The fourth-order valence-electron chi connectivity index (χ4n) is 0.618. The summed E-state index contributed by atoms with van der Waals surface area (Å²) in [6.07, 6.45) is 1.65. The van der Waals surface area contributed by atoms with Crippen molar-refractivity contribution in [1.82, 2.24) is 0 Å². The van der Waals surface area contributed by atoms with Crippen molar-refractivity contribution in [3.8, 4) is 0 Å². The molecule has 0 heterocycles. The first kappa shape index (κ1) is 9.88. The van der Waals surface area contributed by atoms with Gasteiger partial charge in [-0.05, 0) is 19.4 Å². The Hall–Kier alpha value is -1.12. The molecule has 0 fully saturated rings. The predicted octanol–water partition coefficient (Wildman–Crippen LogP) is 1.43. The van der Waals surface area contributed by atoms with E-state index in [1.54, 1.807) is 6.92 Å². The highest BCUT2D eigenvalue weighted by Crippen LogP contribution is 2.00. The average Bonchev–Trinajstić information content (AvgIpc) is 1.82. The molecule has 62 valence electrons. The standard InChI is InChI=1S/C8H12O3/c1-6(4-7(2)9)5-11-8(3)10/h5H,4H2,1-3H3/b6-5+. The highest BCUT2D eigenvalue weighted by molar-refractivity contribution is 5.78. The predicted molar refractivity (Wildman–Crippen MR) is 40.8 cm³/mol. The van der Waals surface area contributed by atoms with Gasteiger partial charge in [0.25, 0.3) is 0 Å². The number of ketones is 1. The molecule has 0 N–H and O–H groups in total. The molecule has 3 nitrogen and oxygen atoms in total. The summed E-state index contributed by atoms with van der Waals surface area (Å²) in [5.41, 5.74) is 0.757. The van der Waals surface area contributed by atoms with Gasteiger partial charge in [-0.15, -0.1) is 0 Å². The highest BCUT2D eigenvalue weighted by Gasteiger charge is 1.95. The minimum absolute atomic E-state index is 0.0610. The summed E-state index contributed by atoms with van der Waals surface area (Å²) in [6, 6.07) is 0. The molecule has 3 heteroatoms. The second kappa shape index (κ2) is 4.66. The van der Waals surface area contributed by atoms with Gasteiger partial charge in [-0.2, -0.15) is 0 Å². The summed E-state index contributed by atoms with van der Waals surface area (Å²) >= 11 is 0. The van der Waals surface area contributed by atoms with Crippen molar-refractivity contribution in [2.75, 3.05) is 0 Å². The Balaban J connectivity index is 3.81. The number of esters is 1. The smallest absolute Gasteiger partial charge is 0.307 e. The van der Waals surface area contributed by atoms with E-state index in [4.69, 9.17) is 0 Å². The van der Waals surface area contributed by atoms with Crippen molar-refractivity contribution in [2.45, 2.75) is 27.2 Å². The zero-order chi connectivity index (χ0) is 8.85. The fourth-order valence-corrected chi connectivity index (χ4v) is 0.618. The van der Waals surface area contributed by atoms with Gasteiger partial charge in [0.15, 0.2) is 0 Å². The Bertz CT molecular complexity index is 192. The molecular weight excluding hydrogens is 144 g/mol. The first-order valence-corrected chi connectivity index (χ1v) is 3.34. The monoisotopic (exact) mass is 156 g/mol. The van der Waals surface area contributed by atoms with Crippen molar-refractivity contribution in [3.05, 3.63) is 11.8 Å². The van der Waals surface area contributed by atoms with Crippen LogP contribution in [-0.4, -0.2) is 11.8 Å². The van der Waals surface area contributed by atoms with Crippen LogP contribution < -0.4 is 0 Å². The summed E-state index contributed by atoms with van der Waals surface area (Å²) in [7, 11) is 0. The molecule has 0 aromatic rings. The van der Waals surface area contributed by atoms with E-state index in [1.165, 1.54) is 20.1 Å². The Morgan fingerprint density at radius 2 is 1.82 bits per heavy atom. The van der Waals surface area contributed by atoms with Gasteiger partial charge in [0.1, 0.15) is 5.78 Å². The van der Waals surface area contributed by atoms with E-state index in [2.05, 4.69) is 4.74 Å². The molecule has 0 unspecified atom stereocenters. The van der Waals surface area contributed by atoms with Crippen LogP contribution in [0.4, 0.5) is 0 Å². The van der Waals surface area contributed by atoms with Gasteiger partial charge in [0.2, 0.25) is 0 Å². The van der Waals surface area contributed by atoms with Gasteiger partial charge in [-0.3, -0.25) is 9.59 Å². The third-order valence-electron chi connectivity index (χ3n) is 0.954. The van der Waals surface area contributed by atoms with Crippen LogP contribution in [0.1, 0.15) is 27.2 Å². The number of allylic oxidation sites excluding steroid dienone is 1. The molecule has 0 aromatic carbocycles. The van der Waals surface area contributed by atoms with Crippen LogP contribution in [0.2, 0.25) is 0 Å². The Labute approximate surface area is 66.0 Å². The van der Waals surface area contributed by atoms with Gasteiger partial charge < -0.3 is 4.74 Å². The van der Waals surface area contributed by atoms with Crippen LogP contribution in [0.15, 0.2) is 11.8 Å². The number of ether oxygens (including phenoxy) is 1. The first-order valence-electron chi connectivity index (χ1n) is 3.34. The molecule has 11 heavy (non-hydrogen) atoms. The van der Waals surface area contributed by atoms with Crippen LogP contribution in [-0.2, 0) is 14.3 Å². The van der Waals surface area contributed by atoms with E-state index < -0.39 is 0 Å². The van der Waals surface area contributed by atoms with Gasteiger partial charge in [-0.25, -0.2) is 0 Å².